The van der Waals surface area contributed by atoms with Crippen LogP contribution in [-0.4, -0.2) is 23.7 Å². The smallest absolute Gasteiger partial charge is 0.0805 e. The Kier molecular flexibility index (Phi) is 4.43. The third-order valence-electron chi connectivity index (χ3n) is 1.97. The van der Waals surface area contributed by atoms with E-state index in [9.17, 15) is 5.11 Å². The lowest BCUT2D eigenvalue weighted by Gasteiger charge is -2.09. The molecule has 0 saturated carbocycles. The third-order valence-corrected chi connectivity index (χ3v) is 1.97. The molecule has 0 amide bonds. The summed E-state index contributed by atoms with van der Waals surface area (Å²) in [5.41, 5.74) is 0.901. The minimum Gasteiger partial charge on any atom is -0.388 e. The molecule has 0 aliphatic heterocycles. The van der Waals surface area contributed by atoms with Crippen LogP contribution in [0.4, 0.5) is 0 Å². The fourth-order valence-electron chi connectivity index (χ4n) is 1.21. The van der Waals surface area contributed by atoms with Crippen LogP contribution in [-0.2, 0) is 0 Å². The highest BCUT2D eigenvalue weighted by atomic mass is 16.3. The molecule has 0 radical (unpaired) electrons. The van der Waals surface area contributed by atoms with Gasteiger partial charge in [-0.15, -0.1) is 0 Å². The summed E-state index contributed by atoms with van der Waals surface area (Å²) in [6.07, 6.45) is 4.81. The van der Waals surface area contributed by atoms with Gasteiger partial charge in [-0.2, -0.15) is 0 Å². The molecule has 0 bridgehead atoms. The van der Waals surface area contributed by atoms with E-state index in [0.29, 0.717) is 0 Å². The fraction of sp³-hybridized carbons (Fsp3) is 0.500. The van der Waals surface area contributed by atoms with Gasteiger partial charge in [-0.05, 0) is 38.1 Å². The number of hydrogen-bond acceptors (Lipinski definition) is 3. The van der Waals surface area contributed by atoms with Crippen LogP contribution in [0.25, 0.3) is 0 Å². The highest BCUT2D eigenvalue weighted by Gasteiger charge is 2.05. The van der Waals surface area contributed by atoms with E-state index in [0.717, 1.165) is 24.9 Å². The van der Waals surface area contributed by atoms with Crippen LogP contribution >= 0.6 is 0 Å². The summed E-state index contributed by atoms with van der Waals surface area (Å²) in [5.74, 6) is 0. The van der Waals surface area contributed by atoms with Crippen LogP contribution in [0.2, 0.25) is 0 Å². The molecule has 3 heteroatoms. The predicted molar refractivity (Wildman–Crippen MR) is 52.4 cm³/mol. The van der Waals surface area contributed by atoms with Crippen LogP contribution in [0.5, 0.6) is 0 Å². The van der Waals surface area contributed by atoms with Crippen molar-refractivity contribution >= 4 is 0 Å². The average molecular weight is 180 g/mol. The average Bonchev–Trinajstić information content (AvgIpc) is 2.19. The van der Waals surface area contributed by atoms with Crippen molar-refractivity contribution in [2.75, 3.05) is 13.6 Å². The maximum atomic E-state index is 9.68. The van der Waals surface area contributed by atoms with Gasteiger partial charge in [0.05, 0.1) is 6.10 Å². The molecule has 13 heavy (non-hydrogen) atoms. The highest BCUT2D eigenvalue weighted by Crippen LogP contribution is 2.15. The van der Waals surface area contributed by atoms with Crippen LogP contribution in [0.1, 0.15) is 24.5 Å². The topological polar surface area (TPSA) is 45.1 Å². The van der Waals surface area contributed by atoms with Gasteiger partial charge in [-0.3, -0.25) is 4.98 Å². The zero-order valence-electron chi connectivity index (χ0n) is 7.90. The summed E-state index contributed by atoms with van der Waals surface area (Å²) < 4.78 is 0. The molecule has 0 unspecified atom stereocenters. The van der Waals surface area contributed by atoms with Gasteiger partial charge in [0.1, 0.15) is 0 Å². The maximum absolute atomic E-state index is 9.68. The molecule has 72 valence electrons. The van der Waals surface area contributed by atoms with Crippen LogP contribution < -0.4 is 5.32 Å². The van der Waals surface area contributed by atoms with Crippen molar-refractivity contribution < 1.29 is 5.11 Å². The number of aromatic nitrogens is 1. The molecule has 1 aromatic heterocycles. The van der Waals surface area contributed by atoms with Crippen molar-refractivity contribution in [3.8, 4) is 0 Å². The Morgan fingerprint density at radius 1 is 1.62 bits per heavy atom. The summed E-state index contributed by atoms with van der Waals surface area (Å²) in [6.45, 7) is 0.942. The second kappa shape index (κ2) is 5.67. The van der Waals surface area contributed by atoms with Crippen molar-refractivity contribution in [3.63, 3.8) is 0 Å². The molecule has 1 atom stereocenters. The van der Waals surface area contributed by atoms with Crippen molar-refractivity contribution in [2.45, 2.75) is 18.9 Å². The van der Waals surface area contributed by atoms with E-state index in [2.05, 4.69) is 10.3 Å². The Morgan fingerprint density at radius 3 is 3.08 bits per heavy atom. The largest absolute Gasteiger partial charge is 0.388 e. The van der Waals surface area contributed by atoms with Crippen molar-refractivity contribution in [1.29, 1.82) is 0 Å². The minimum atomic E-state index is -0.373. The van der Waals surface area contributed by atoms with E-state index in [1.807, 2.05) is 19.2 Å². The van der Waals surface area contributed by atoms with E-state index in [1.54, 1.807) is 12.4 Å². The number of aliphatic hydroxyl groups is 1. The minimum absolute atomic E-state index is 0.373. The SMILES string of the molecule is CNCCC[C@H](O)c1cccnc1. The molecular formula is C10H16N2O. The molecule has 0 fully saturated rings. The first-order chi connectivity index (χ1) is 6.34. The van der Waals surface area contributed by atoms with Crippen LogP contribution in [0.3, 0.4) is 0 Å². The molecule has 3 nitrogen and oxygen atoms in total. The molecule has 1 rings (SSSR count). The fourth-order valence-corrected chi connectivity index (χ4v) is 1.21. The first-order valence-corrected chi connectivity index (χ1v) is 4.57. The van der Waals surface area contributed by atoms with E-state index in [-0.39, 0.29) is 6.10 Å². The molecule has 1 heterocycles. The Labute approximate surface area is 78.8 Å². The number of hydrogen-bond donors (Lipinski definition) is 2. The van der Waals surface area contributed by atoms with Gasteiger partial charge < -0.3 is 10.4 Å². The first-order valence-electron chi connectivity index (χ1n) is 4.57. The van der Waals surface area contributed by atoms with Crippen molar-refractivity contribution in [3.05, 3.63) is 30.1 Å². The molecule has 0 saturated heterocycles. The van der Waals surface area contributed by atoms with Gasteiger partial charge in [0.2, 0.25) is 0 Å². The zero-order chi connectivity index (χ0) is 9.52. The number of aliphatic hydroxyl groups excluding tert-OH is 1. The van der Waals surface area contributed by atoms with Gasteiger partial charge in [-0.1, -0.05) is 6.07 Å². The molecule has 2 N–H and O–H groups in total. The Morgan fingerprint density at radius 2 is 2.46 bits per heavy atom. The second-order valence-corrected chi connectivity index (χ2v) is 3.05. The van der Waals surface area contributed by atoms with Gasteiger partial charge in [0, 0.05) is 12.4 Å². The summed E-state index contributed by atoms with van der Waals surface area (Å²) in [4.78, 5) is 3.96. The molecule has 0 aliphatic rings. The van der Waals surface area contributed by atoms with Crippen molar-refractivity contribution in [2.24, 2.45) is 0 Å². The Balaban J connectivity index is 2.35. The molecular weight excluding hydrogens is 164 g/mol. The number of nitrogens with one attached hydrogen (secondary N) is 1. The Bertz CT molecular complexity index is 226. The van der Waals surface area contributed by atoms with E-state index >= 15 is 0 Å². The normalized spacial score (nSPS) is 12.8. The molecule has 1 aromatic rings. The highest BCUT2D eigenvalue weighted by molar-refractivity contribution is 5.11. The van der Waals surface area contributed by atoms with E-state index in [4.69, 9.17) is 0 Å². The summed E-state index contributed by atoms with van der Waals surface area (Å²) in [7, 11) is 1.91. The maximum Gasteiger partial charge on any atom is 0.0805 e. The number of nitrogens with zero attached hydrogens (tertiary/aromatic N) is 1. The van der Waals surface area contributed by atoms with Gasteiger partial charge in [0.15, 0.2) is 0 Å². The lowest BCUT2D eigenvalue weighted by atomic mass is 10.1. The lowest BCUT2D eigenvalue weighted by Crippen LogP contribution is -2.09. The zero-order valence-corrected chi connectivity index (χ0v) is 7.90. The quantitative estimate of drug-likeness (QED) is 0.667. The molecule has 0 aliphatic carbocycles. The van der Waals surface area contributed by atoms with Crippen molar-refractivity contribution in [1.82, 2.24) is 10.3 Å². The molecule has 0 spiro atoms. The first kappa shape index (κ1) is 10.2. The lowest BCUT2D eigenvalue weighted by molar-refractivity contribution is 0.164. The molecule has 0 aromatic carbocycles. The Hall–Kier alpha value is -0.930. The van der Waals surface area contributed by atoms with Gasteiger partial charge in [-0.25, -0.2) is 0 Å². The van der Waals surface area contributed by atoms with E-state index < -0.39 is 0 Å². The number of rotatable bonds is 5. The summed E-state index contributed by atoms with van der Waals surface area (Å²) >= 11 is 0. The van der Waals surface area contributed by atoms with Gasteiger partial charge in [0.25, 0.3) is 0 Å². The monoisotopic (exact) mass is 180 g/mol. The summed E-state index contributed by atoms with van der Waals surface area (Å²) in [6, 6.07) is 3.74. The number of pyridine rings is 1. The van der Waals surface area contributed by atoms with E-state index in [1.165, 1.54) is 0 Å². The standard InChI is InChI=1S/C10H16N2O/c1-11-6-3-5-10(13)9-4-2-7-12-8-9/h2,4,7-8,10-11,13H,3,5-6H2,1H3/t10-/m0/s1. The van der Waals surface area contributed by atoms with Crippen LogP contribution in [0, 0.1) is 0 Å². The van der Waals surface area contributed by atoms with Gasteiger partial charge >= 0.3 is 0 Å². The third kappa shape index (κ3) is 3.53. The predicted octanol–water partition coefficient (Wildman–Crippen LogP) is 1.11. The van der Waals surface area contributed by atoms with Crippen LogP contribution in [0.15, 0.2) is 24.5 Å². The second-order valence-electron chi connectivity index (χ2n) is 3.05. The summed E-state index contributed by atoms with van der Waals surface area (Å²) in [5, 5.41) is 12.7.